The van der Waals surface area contributed by atoms with Crippen molar-refractivity contribution in [2.24, 2.45) is 0 Å². The van der Waals surface area contributed by atoms with Crippen LogP contribution in [-0.4, -0.2) is 73.7 Å². The molecule has 27 heavy (non-hydrogen) atoms. The number of halogens is 1. The normalized spacial score (nSPS) is 16.0. The lowest BCUT2D eigenvalue weighted by Gasteiger charge is -2.34. The van der Waals surface area contributed by atoms with Gasteiger partial charge in [-0.15, -0.1) is 0 Å². The van der Waals surface area contributed by atoms with Crippen LogP contribution >= 0.6 is 11.6 Å². The molecule has 3 rings (SSSR count). The first-order valence-corrected chi connectivity index (χ1v) is 9.70. The minimum Gasteiger partial charge on any atom is -0.383 e. The molecule has 1 amide bonds. The number of hydrogen-bond acceptors (Lipinski definition) is 5. The Morgan fingerprint density at radius 3 is 2.67 bits per heavy atom. The maximum atomic E-state index is 11.9. The number of aromatic nitrogens is 1. The summed E-state index contributed by atoms with van der Waals surface area (Å²) in [5.41, 5.74) is 3.00. The van der Waals surface area contributed by atoms with E-state index >= 15 is 0 Å². The lowest BCUT2D eigenvalue weighted by molar-refractivity contribution is -0.122. The van der Waals surface area contributed by atoms with E-state index < -0.39 is 0 Å². The number of nitrogens with zero attached hydrogens (tertiary/aromatic N) is 3. The molecule has 1 fully saturated rings. The predicted molar refractivity (Wildman–Crippen MR) is 108 cm³/mol. The van der Waals surface area contributed by atoms with Crippen molar-refractivity contribution in [3.8, 4) is 0 Å². The van der Waals surface area contributed by atoms with E-state index in [0.29, 0.717) is 19.7 Å². The topological polar surface area (TPSA) is 57.7 Å². The monoisotopic (exact) mass is 390 g/mol. The zero-order chi connectivity index (χ0) is 19.2. The first kappa shape index (κ1) is 20.0. The molecule has 0 unspecified atom stereocenters. The molecule has 2 heterocycles. The highest BCUT2D eigenvalue weighted by Crippen LogP contribution is 2.27. The smallest absolute Gasteiger partial charge is 0.234 e. The minimum atomic E-state index is 0.0513. The van der Waals surface area contributed by atoms with E-state index in [4.69, 9.17) is 21.3 Å². The average molecular weight is 391 g/mol. The van der Waals surface area contributed by atoms with Crippen LogP contribution in [-0.2, 0) is 16.1 Å². The molecule has 0 spiro atoms. The van der Waals surface area contributed by atoms with E-state index in [1.807, 2.05) is 18.2 Å². The Morgan fingerprint density at radius 1 is 1.22 bits per heavy atom. The fourth-order valence-electron chi connectivity index (χ4n) is 3.39. The Labute approximate surface area is 165 Å². The van der Waals surface area contributed by atoms with Crippen LogP contribution in [0.3, 0.4) is 0 Å². The molecule has 146 valence electrons. The molecule has 1 saturated heterocycles. The van der Waals surface area contributed by atoms with Gasteiger partial charge in [0.25, 0.3) is 0 Å². The van der Waals surface area contributed by atoms with Crippen LogP contribution in [0.5, 0.6) is 0 Å². The number of hydrogen-bond donors (Lipinski definition) is 1. The predicted octanol–water partition coefficient (Wildman–Crippen LogP) is 2.08. The molecule has 0 saturated carbocycles. The quantitative estimate of drug-likeness (QED) is 0.733. The van der Waals surface area contributed by atoms with Crippen molar-refractivity contribution in [2.75, 3.05) is 53.0 Å². The summed E-state index contributed by atoms with van der Waals surface area (Å²) >= 11 is 6.59. The van der Waals surface area contributed by atoms with Gasteiger partial charge < -0.3 is 10.1 Å². The van der Waals surface area contributed by atoms with E-state index in [2.05, 4.69) is 28.1 Å². The molecule has 1 N–H and O–H groups in total. The lowest BCUT2D eigenvalue weighted by Crippen LogP contribution is -2.49. The summed E-state index contributed by atoms with van der Waals surface area (Å²) in [7, 11) is 1.63. The number of ether oxygens (including phenoxy) is 1. The Balaban J connectivity index is 1.54. The van der Waals surface area contributed by atoms with Crippen LogP contribution in [0.1, 0.15) is 11.3 Å². The lowest BCUT2D eigenvalue weighted by atomic mass is 10.1. The Hall–Kier alpha value is -1.73. The van der Waals surface area contributed by atoms with Crippen molar-refractivity contribution in [2.45, 2.75) is 13.5 Å². The number of piperazine rings is 1. The number of fused-ring (bicyclic) bond motifs is 1. The number of carbonyl (C=O) groups is 1. The van der Waals surface area contributed by atoms with Crippen molar-refractivity contribution in [3.63, 3.8) is 0 Å². The molecule has 0 atom stereocenters. The number of aryl methyl sites for hydroxylation is 1. The van der Waals surface area contributed by atoms with Crippen LogP contribution in [0, 0.1) is 6.92 Å². The third kappa shape index (κ3) is 5.17. The highest BCUT2D eigenvalue weighted by atomic mass is 35.5. The number of para-hydroxylation sites is 1. The van der Waals surface area contributed by atoms with Crippen LogP contribution < -0.4 is 5.32 Å². The van der Waals surface area contributed by atoms with Gasteiger partial charge >= 0.3 is 0 Å². The number of pyridine rings is 1. The third-order valence-electron chi connectivity index (χ3n) is 4.98. The zero-order valence-electron chi connectivity index (χ0n) is 16.0. The van der Waals surface area contributed by atoms with Gasteiger partial charge in [0.2, 0.25) is 5.91 Å². The second kappa shape index (κ2) is 9.46. The molecule has 1 aliphatic heterocycles. The summed E-state index contributed by atoms with van der Waals surface area (Å²) in [6.45, 7) is 7.84. The average Bonchev–Trinajstić information content (AvgIpc) is 2.67. The van der Waals surface area contributed by atoms with Gasteiger partial charge in [-0.2, -0.15) is 0 Å². The summed E-state index contributed by atoms with van der Waals surface area (Å²) in [6.07, 6.45) is 0. The molecule has 0 aliphatic carbocycles. The summed E-state index contributed by atoms with van der Waals surface area (Å²) in [6, 6.07) is 8.10. The second-order valence-corrected chi connectivity index (χ2v) is 7.29. The molecule has 1 aromatic heterocycles. The van der Waals surface area contributed by atoms with Gasteiger partial charge in [-0.3, -0.25) is 14.6 Å². The van der Waals surface area contributed by atoms with Gasteiger partial charge in [0.05, 0.1) is 29.4 Å². The SMILES string of the molecule is COCCNC(=O)CN1CCN(Cc2nc3ccccc3c(C)c2Cl)CC1. The highest BCUT2D eigenvalue weighted by Gasteiger charge is 2.21. The van der Waals surface area contributed by atoms with Gasteiger partial charge in [-0.1, -0.05) is 29.8 Å². The Bertz CT molecular complexity index is 791. The minimum absolute atomic E-state index is 0.0513. The van der Waals surface area contributed by atoms with Gasteiger partial charge in [-0.25, -0.2) is 4.98 Å². The summed E-state index contributed by atoms with van der Waals surface area (Å²) in [5.74, 6) is 0.0513. The van der Waals surface area contributed by atoms with Crippen molar-refractivity contribution < 1.29 is 9.53 Å². The Morgan fingerprint density at radius 2 is 1.93 bits per heavy atom. The van der Waals surface area contributed by atoms with Crippen LogP contribution in [0.25, 0.3) is 10.9 Å². The summed E-state index contributed by atoms with van der Waals surface area (Å²) in [5, 5.41) is 4.73. The highest BCUT2D eigenvalue weighted by molar-refractivity contribution is 6.32. The van der Waals surface area contributed by atoms with Crippen molar-refractivity contribution in [1.29, 1.82) is 0 Å². The van der Waals surface area contributed by atoms with E-state index in [1.165, 1.54) is 0 Å². The first-order chi connectivity index (χ1) is 13.1. The number of carbonyl (C=O) groups excluding carboxylic acids is 1. The molecule has 2 aromatic rings. The maximum Gasteiger partial charge on any atom is 0.234 e. The number of amides is 1. The van der Waals surface area contributed by atoms with Crippen LogP contribution in [0.2, 0.25) is 5.02 Å². The van der Waals surface area contributed by atoms with E-state index in [1.54, 1.807) is 7.11 Å². The fraction of sp³-hybridized carbons (Fsp3) is 0.500. The molecule has 0 bridgehead atoms. The number of nitrogens with one attached hydrogen (secondary N) is 1. The third-order valence-corrected chi connectivity index (χ3v) is 5.48. The van der Waals surface area contributed by atoms with Gasteiger partial charge in [0.15, 0.2) is 0 Å². The second-order valence-electron chi connectivity index (χ2n) is 6.91. The number of benzene rings is 1. The van der Waals surface area contributed by atoms with E-state index in [0.717, 1.165) is 59.9 Å². The first-order valence-electron chi connectivity index (χ1n) is 9.32. The maximum absolute atomic E-state index is 11.9. The number of rotatable bonds is 7. The molecule has 6 nitrogen and oxygen atoms in total. The summed E-state index contributed by atoms with van der Waals surface area (Å²) < 4.78 is 4.95. The molecule has 7 heteroatoms. The molecular formula is C20H27ClN4O2. The zero-order valence-corrected chi connectivity index (χ0v) is 16.8. The van der Waals surface area contributed by atoms with E-state index in [9.17, 15) is 4.79 Å². The Kier molecular flexibility index (Phi) is 7.01. The van der Waals surface area contributed by atoms with Crippen molar-refractivity contribution >= 4 is 28.4 Å². The van der Waals surface area contributed by atoms with Crippen molar-refractivity contribution in [1.82, 2.24) is 20.1 Å². The molecule has 1 aromatic carbocycles. The fourth-order valence-corrected chi connectivity index (χ4v) is 3.59. The van der Waals surface area contributed by atoms with Crippen LogP contribution in [0.15, 0.2) is 24.3 Å². The largest absolute Gasteiger partial charge is 0.383 e. The number of methoxy groups -OCH3 is 1. The summed E-state index contributed by atoms with van der Waals surface area (Å²) in [4.78, 5) is 21.2. The van der Waals surface area contributed by atoms with Gasteiger partial charge in [-0.05, 0) is 18.6 Å². The van der Waals surface area contributed by atoms with Gasteiger partial charge in [0.1, 0.15) is 0 Å². The van der Waals surface area contributed by atoms with Crippen LogP contribution in [0.4, 0.5) is 0 Å². The molecule has 1 aliphatic rings. The van der Waals surface area contributed by atoms with E-state index in [-0.39, 0.29) is 5.91 Å². The molecular weight excluding hydrogens is 364 g/mol. The molecule has 0 radical (unpaired) electrons. The van der Waals surface area contributed by atoms with Gasteiger partial charge in [0, 0.05) is 51.8 Å². The standard InChI is InChI=1S/C20H27ClN4O2/c1-15-16-5-3-4-6-17(16)23-18(20(15)21)13-24-8-10-25(11-9-24)14-19(26)22-7-12-27-2/h3-6H,7-14H2,1-2H3,(H,22,26). The van der Waals surface area contributed by atoms with Crippen molar-refractivity contribution in [3.05, 3.63) is 40.5 Å².